The summed E-state index contributed by atoms with van der Waals surface area (Å²) in [5.74, 6) is 0. The van der Waals surface area contributed by atoms with Crippen LogP contribution in [0.25, 0.3) is 86.5 Å². The molecule has 1 heterocycles. The molecule has 0 bridgehead atoms. The van der Waals surface area contributed by atoms with Gasteiger partial charge in [-0.25, -0.2) is 0 Å². The van der Waals surface area contributed by atoms with E-state index < -0.39 is 0 Å². The van der Waals surface area contributed by atoms with E-state index in [1.165, 1.54) is 103 Å². The van der Waals surface area contributed by atoms with Crippen LogP contribution in [0, 0.1) is 0 Å². The first-order chi connectivity index (χ1) is 22.3. The van der Waals surface area contributed by atoms with Crippen molar-refractivity contribution in [3.8, 4) is 11.1 Å². The van der Waals surface area contributed by atoms with Crippen molar-refractivity contribution in [3.05, 3.63) is 152 Å². The average Bonchev–Trinajstić information content (AvgIpc) is 3.43. The van der Waals surface area contributed by atoms with Gasteiger partial charge in [0.15, 0.2) is 0 Å². The second kappa shape index (κ2) is 8.49. The molecule has 0 nitrogen and oxygen atoms in total. The summed E-state index contributed by atoms with van der Waals surface area (Å²) in [6, 6.07) is 57.4. The van der Waals surface area contributed by atoms with Gasteiger partial charge in [0.25, 0.3) is 0 Å². The molecule has 10 aromatic rings. The first kappa shape index (κ1) is 23.8. The zero-order valence-corrected chi connectivity index (χ0v) is 24.5. The first-order valence-corrected chi connectivity index (χ1v) is 15.9. The predicted molar refractivity (Wildman–Crippen MR) is 197 cm³/mol. The van der Waals surface area contributed by atoms with E-state index in [0.29, 0.717) is 0 Å². The Morgan fingerprint density at radius 1 is 0.289 bits per heavy atom. The van der Waals surface area contributed by atoms with Crippen molar-refractivity contribution in [2.45, 2.75) is 0 Å². The molecule has 10 aromatic carbocycles. The lowest BCUT2D eigenvalue weighted by molar-refractivity contribution is 1.76. The summed E-state index contributed by atoms with van der Waals surface area (Å²) in [6.07, 6.45) is 0. The second-order valence-corrected chi connectivity index (χ2v) is 12.8. The molecule has 11 rings (SSSR count). The fraction of sp³-hybridized carbons (Fsp3) is 0. The molecule has 0 amide bonds. The molecule has 0 spiro atoms. The van der Waals surface area contributed by atoms with Crippen LogP contribution in [0.5, 0.6) is 0 Å². The lowest BCUT2D eigenvalue weighted by atomic mass is 9.37. The lowest BCUT2D eigenvalue weighted by Crippen LogP contribution is -2.49. The van der Waals surface area contributed by atoms with Crippen LogP contribution in [0.15, 0.2) is 152 Å². The van der Waals surface area contributed by atoms with Gasteiger partial charge in [-0.15, -0.1) is 0 Å². The van der Waals surface area contributed by atoms with Crippen molar-refractivity contribution in [1.29, 1.82) is 0 Å². The van der Waals surface area contributed by atoms with Crippen molar-refractivity contribution < 1.29 is 0 Å². The summed E-state index contributed by atoms with van der Waals surface area (Å²) in [6.45, 7) is 0.106. The minimum absolute atomic E-state index is 0.106. The SMILES string of the molecule is c1ccc2cc3c(B4c5c(ccc6cc7ccccc7cc56)-c5cc6ccc7cccc8ccc(c54)c6c78)cccc3cc2c1. The maximum Gasteiger partial charge on any atom is 0.245 e. The van der Waals surface area contributed by atoms with Gasteiger partial charge in [-0.3, -0.25) is 0 Å². The third-order valence-corrected chi connectivity index (χ3v) is 10.6. The maximum absolute atomic E-state index is 2.48. The smallest absolute Gasteiger partial charge is 0.0663 e. The van der Waals surface area contributed by atoms with Crippen molar-refractivity contribution in [1.82, 2.24) is 0 Å². The molecule has 0 saturated carbocycles. The van der Waals surface area contributed by atoms with E-state index in [-0.39, 0.29) is 6.71 Å². The highest BCUT2D eigenvalue weighted by atomic mass is 14.2. The Labute approximate surface area is 260 Å². The molecule has 0 aliphatic carbocycles. The summed E-state index contributed by atoms with van der Waals surface area (Å²) in [4.78, 5) is 0. The first-order valence-electron chi connectivity index (χ1n) is 15.9. The standard InChI is InChI=1S/C44H25B/c1-3-9-30-23-37-32(21-28(30)7-1)13-6-14-40(37)45-43-35(19-18-33-22-29-8-2-4-10-31(29)24-38(33)43)39-25-34-16-15-26-11-5-12-27-17-20-36(44(39)45)42(34)41(26)27/h1-25H. The van der Waals surface area contributed by atoms with Crippen molar-refractivity contribution >= 4 is 98.5 Å². The van der Waals surface area contributed by atoms with Gasteiger partial charge in [0.05, 0.1) is 0 Å². The normalized spacial score (nSPS) is 12.8. The van der Waals surface area contributed by atoms with Crippen molar-refractivity contribution in [2.75, 3.05) is 0 Å². The van der Waals surface area contributed by atoms with Crippen LogP contribution < -0.4 is 16.4 Å². The van der Waals surface area contributed by atoms with Gasteiger partial charge in [0, 0.05) is 0 Å². The Balaban J connectivity index is 1.34. The Morgan fingerprint density at radius 3 is 1.58 bits per heavy atom. The molecule has 0 atom stereocenters. The number of fused-ring (bicyclic) bond motifs is 9. The van der Waals surface area contributed by atoms with Crippen LogP contribution in [0.1, 0.15) is 0 Å². The van der Waals surface area contributed by atoms with Gasteiger partial charge >= 0.3 is 0 Å². The minimum Gasteiger partial charge on any atom is -0.0663 e. The molecule has 0 aromatic heterocycles. The van der Waals surface area contributed by atoms with Crippen molar-refractivity contribution in [2.24, 2.45) is 0 Å². The number of rotatable bonds is 1. The summed E-state index contributed by atoms with van der Waals surface area (Å²) in [5, 5.41) is 18.5. The second-order valence-electron chi connectivity index (χ2n) is 12.8. The molecule has 1 aliphatic heterocycles. The van der Waals surface area contributed by atoms with Crippen LogP contribution in [-0.4, -0.2) is 6.71 Å². The highest BCUT2D eigenvalue weighted by Crippen LogP contribution is 2.40. The van der Waals surface area contributed by atoms with Crippen LogP contribution in [0.3, 0.4) is 0 Å². The molecule has 0 unspecified atom stereocenters. The van der Waals surface area contributed by atoms with E-state index in [0.717, 1.165) is 0 Å². The summed E-state index contributed by atoms with van der Waals surface area (Å²) in [5.41, 5.74) is 6.99. The molecular formula is C44H25B. The minimum atomic E-state index is 0.106. The topological polar surface area (TPSA) is 0 Å². The van der Waals surface area contributed by atoms with E-state index in [1.54, 1.807) is 0 Å². The summed E-state index contributed by atoms with van der Waals surface area (Å²) >= 11 is 0. The average molecular weight is 564 g/mol. The zero-order valence-electron chi connectivity index (χ0n) is 24.5. The van der Waals surface area contributed by atoms with Crippen LogP contribution >= 0.6 is 0 Å². The quantitative estimate of drug-likeness (QED) is 0.106. The summed E-state index contributed by atoms with van der Waals surface area (Å²) in [7, 11) is 0. The number of hydrogen-bond donors (Lipinski definition) is 0. The van der Waals surface area contributed by atoms with Gasteiger partial charge in [-0.2, -0.15) is 0 Å². The fourth-order valence-corrected chi connectivity index (χ4v) is 8.65. The Hall–Kier alpha value is -5.66. The highest BCUT2D eigenvalue weighted by Gasteiger charge is 2.38. The van der Waals surface area contributed by atoms with Gasteiger partial charge in [-0.05, 0) is 117 Å². The molecule has 0 N–H and O–H groups in total. The van der Waals surface area contributed by atoms with Gasteiger partial charge in [-0.1, -0.05) is 138 Å². The van der Waals surface area contributed by atoms with E-state index in [1.807, 2.05) is 0 Å². The van der Waals surface area contributed by atoms with Crippen LogP contribution in [0.2, 0.25) is 0 Å². The lowest BCUT2D eigenvalue weighted by Gasteiger charge is -2.19. The zero-order chi connectivity index (χ0) is 29.2. The number of hydrogen-bond acceptors (Lipinski definition) is 0. The molecule has 0 saturated heterocycles. The molecule has 45 heavy (non-hydrogen) atoms. The Bertz CT molecular complexity index is 2860. The highest BCUT2D eigenvalue weighted by molar-refractivity contribution is 7.03. The Morgan fingerprint density at radius 2 is 0.822 bits per heavy atom. The van der Waals surface area contributed by atoms with Crippen molar-refractivity contribution in [3.63, 3.8) is 0 Å². The molecular weight excluding hydrogens is 539 g/mol. The molecule has 0 fully saturated rings. The van der Waals surface area contributed by atoms with E-state index in [2.05, 4.69) is 152 Å². The fourth-order valence-electron chi connectivity index (χ4n) is 8.65. The van der Waals surface area contributed by atoms with E-state index >= 15 is 0 Å². The molecule has 0 radical (unpaired) electrons. The Kier molecular flexibility index (Phi) is 4.48. The third-order valence-electron chi connectivity index (χ3n) is 10.6. The number of benzene rings is 10. The molecule has 1 aliphatic rings. The van der Waals surface area contributed by atoms with E-state index in [4.69, 9.17) is 0 Å². The molecule has 204 valence electrons. The molecule has 1 heteroatoms. The van der Waals surface area contributed by atoms with Gasteiger partial charge in [0.2, 0.25) is 6.71 Å². The van der Waals surface area contributed by atoms with Crippen LogP contribution in [0.4, 0.5) is 0 Å². The summed E-state index contributed by atoms with van der Waals surface area (Å²) < 4.78 is 0. The monoisotopic (exact) mass is 564 g/mol. The largest absolute Gasteiger partial charge is 0.245 e. The van der Waals surface area contributed by atoms with E-state index in [9.17, 15) is 0 Å². The van der Waals surface area contributed by atoms with Gasteiger partial charge in [0.1, 0.15) is 0 Å². The maximum atomic E-state index is 2.48. The van der Waals surface area contributed by atoms with Gasteiger partial charge < -0.3 is 0 Å². The van der Waals surface area contributed by atoms with Crippen LogP contribution in [-0.2, 0) is 0 Å². The third kappa shape index (κ3) is 3.12. The predicted octanol–water partition coefficient (Wildman–Crippen LogP) is 9.69.